The van der Waals surface area contributed by atoms with Crippen LogP contribution in [0.3, 0.4) is 0 Å². The highest BCUT2D eigenvalue weighted by Gasteiger charge is 2.34. The van der Waals surface area contributed by atoms with E-state index in [1.807, 2.05) is 52.0 Å². The number of carbonyl (C=O) groups is 6. The number of anilines is 2. The molecule has 2 aliphatic carbocycles. The highest BCUT2D eigenvalue weighted by molar-refractivity contribution is 8.01. The minimum absolute atomic E-state index is 0.00153. The molecule has 4 heterocycles. The lowest BCUT2D eigenvalue weighted by molar-refractivity contribution is -0.128. The lowest BCUT2D eigenvalue weighted by Gasteiger charge is -2.29. The van der Waals surface area contributed by atoms with Crippen molar-refractivity contribution in [1.82, 2.24) is 29.6 Å². The summed E-state index contributed by atoms with van der Waals surface area (Å²) >= 11 is 5.55. The smallest absolute Gasteiger partial charge is 0.257 e. The summed E-state index contributed by atoms with van der Waals surface area (Å²) in [5, 5.41) is 6.82. The zero-order valence-electron chi connectivity index (χ0n) is 40.2. The van der Waals surface area contributed by atoms with Crippen molar-refractivity contribution in [2.45, 2.75) is 96.5 Å². The number of thiazole rings is 2. The molecule has 2 atom stereocenters. The van der Waals surface area contributed by atoms with Gasteiger partial charge in [0.05, 0.1) is 45.7 Å². The minimum Gasteiger partial charge on any atom is -0.496 e. The van der Waals surface area contributed by atoms with Gasteiger partial charge in [-0.2, -0.15) is 0 Å². The van der Waals surface area contributed by atoms with Gasteiger partial charge < -0.3 is 39.7 Å². The minimum atomic E-state index is -0.330. The number of benzene rings is 2. The predicted molar refractivity (Wildman–Crippen MR) is 273 cm³/mol. The van der Waals surface area contributed by atoms with Crippen molar-refractivity contribution in [3.8, 4) is 11.5 Å². The fourth-order valence-electron chi connectivity index (χ4n) is 8.48. The number of aromatic nitrogens is 2. The molecule has 2 N–H and O–H groups in total. The van der Waals surface area contributed by atoms with Crippen LogP contribution in [0.4, 0.5) is 10.3 Å². The van der Waals surface area contributed by atoms with Gasteiger partial charge in [-0.05, 0) is 114 Å². The molecule has 2 aromatic carbocycles. The molecule has 16 nitrogen and oxygen atoms in total. The summed E-state index contributed by atoms with van der Waals surface area (Å²) in [6.45, 7) is 13.9. The van der Waals surface area contributed by atoms with Crippen molar-refractivity contribution in [2.75, 3.05) is 64.1 Å². The van der Waals surface area contributed by atoms with Gasteiger partial charge in [-0.25, -0.2) is 9.97 Å². The molecule has 2 aromatic heterocycles. The second-order valence-corrected chi connectivity index (χ2v) is 22.7. The Labute approximate surface area is 424 Å². The van der Waals surface area contributed by atoms with Crippen molar-refractivity contribution < 1.29 is 38.2 Å². The molecular formula is C50H58N8O8S4. The Morgan fingerprint density at radius 1 is 0.714 bits per heavy atom. The van der Waals surface area contributed by atoms with E-state index >= 15 is 0 Å². The van der Waals surface area contributed by atoms with E-state index in [2.05, 4.69) is 22.2 Å². The average molecular weight is 1030 g/mol. The number of amides is 6. The Kier molecular flexibility index (Phi) is 16.0. The standard InChI is InChI=1S/C50H58N8O8S4/c1-8-41(59)55-17-9-20-58(31(5)26-55)47(64)35-24-40(29(3)22-38(35)66-7)68-48-36(52-50(70-48)54-45(62)33-13-14-33)15-16-42(60)57-19-10-18-56(27-30(57)4)46(63)34-23-39(28(2)21-37(34)65-6)67-43-25-51-49(69-43)53-44(61)32-11-12-32/h8,15-16,21-25,30-33H,1,9-14,17-20,26-27H2,2-7H3,(H,51,53,61)(H,52,54,62)/b16-15+/t30-,31-/m0/s1. The number of hydrogen-bond donors (Lipinski definition) is 2. The fraction of sp³-hybridized carbons (Fsp3) is 0.440. The van der Waals surface area contributed by atoms with Crippen molar-refractivity contribution in [3.05, 3.63) is 77.1 Å². The van der Waals surface area contributed by atoms with E-state index in [0.29, 0.717) is 94.9 Å². The third-order valence-corrected chi connectivity index (χ3v) is 17.2. The average Bonchev–Trinajstić information content (AvgIpc) is 4.29. The molecule has 2 saturated heterocycles. The van der Waals surface area contributed by atoms with Crippen LogP contribution in [0.25, 0.3) is 6.08 Å². The topological polar surface area (TPSA) is 184 Å². The fourth-order valence-corrected chi connectivity index (χ4v) is 12.6. The predicted octanol–water partition coefficient (Wildman–Crippen LogP) is 8.26. The summed E-state index contributed by atoms with van der Waals surface area (Å²) < 4.78 is 13.0. The number of carbonyl (C=O) groups excluding carboxylic acids is 6. The van der Waals surface area contributed by atoms with Gasteiger partial charge in [0.1, 0.15) is 11.5 Å². The van der Waals surface area contributed by atoms with Gasteiger partial charge in [0.25, 0.3) is 11.8 Å². The Balaban J connectivity index is 0.979. The van der Waals surface area contributed by atoms with E-state index in [-0.39, 0.29) is 59.4 Å². The zero-order valence-corrected chi connectivity index (χ0v) is 43.5. The summed E-state index contributed by atoms with van der Waals surface area (Å²) in [5.41, 5.74) is 3.07. The van der Waals surface area contributed by atoms with Crippen LogP contribution in [0.1, 0.15) is 89.9 Å². The summed E-state index contributed by atoms with van der Waals surface area (Å²) in [6, 6.07) is 6.78. The van der Waals surface area contributed by atoms with Crippen LogP contribution in [0.5, 0.6) is 11.5 Å². The Morgan fingerprint density at radius 2 is 1.27 bits per heavy atom. The highest BCUT2D eigenvalue weighted by atomic mass is 32.2. The molecule has 0 spiro atoms. The number of hydrogen-bond acceptors (Lipinski definition) is 14. The number of nitrogens with one attached hydrogen (secondary N) is 2. The zero-order chi connectivity index (χ0) is 49.8. The van der Waals surface area contributed by atoms with E-state index in [1.165, 1.54) is 65.5 Å². The third kappa shape index (κ3) is 11.9. The molecule has 0 bridgehead atoms. The highest BCUT2D eigenvalue weighted by Crippen LogP contribution is 2.43. The maximum atomic E-state index is 14.3. The van der Waals surface area contributed by atoms with Crippen LogP contribution in [-0.4, -0.2) is 131 Å². The summed E-state index contributed by atoms with van der Waals surface area (Å²) in [6.07, 6.45) is 10.8. The van der Waals surface area contributed by atoms with Gasteiger partial charge in [-0.15, -0.1) is 0 Å². The van der Waals surface area contributed by atoms with E-state index in [0.717, 1.165) is 50.8 Å². The molecule has 4 aliphatic rings. The van der Waals surface area contributed by atoms with Crippen LogP contribution in [0.15, 0.2) is 67.4 Å². The van der Waals surface area contributed by atoms with Crippen molar-refractivity contribution >= 4 is 98.0 Å². The molecule has 0 radical (unpaired) electrons. The lowest BCUT2D eigenvalue weighted by Crippen LogP contribution is -2.43. The van der Waals surface area contributed by atoms with Crippen LogP contribution in [-0.2, 0) is 19.2 Å². The van der Waals surface area contributed by atoms with Gasteiger partial charge in [0, 0.05) is 79.1 Å². The summed E-state index contributed by atoms with van der Waals surface area (Å²) in [7, 11) is 3.08. The monoisotopic (exact) mass is 1030 g/mol. The number of nitrogens with zero attached hydrogens (tertiary/aromatic N) is 6. The molecule has 0 unspecified atom stereocenters. The molecule has 4 aromatic rings. The largest absolute Gasteiger partial charge is 0.496 e. The summed E-state index contributed by atoms with van der Waals surface area (Å²) in [4.78, 5) is 98.3. The van der Waals surface area contributed by atoms with Gasteiger partial charge in [-0.3, -0.25) is 28.8 Å². The van der Waals surface area contributed by atoms with Crippen molar-refractivity contribution in [2.24, 2.45) is 11.8 Å². The molecule has 70 heavy (non-hydrogen) atoms. The quantitative estimate of drug-likeness (QED) is 0.109. The molecule has 20 heteroatoms. The number of aryl methyl sites for hydroxylation is 2. The van der Waals surface area contributed by atoms with Gasteiger partial charge >= 0.3 is 0 Å². The number of rotatable bonds is 15. The Bertz CT molecular complexity index is 2730. The molecule has 6 amide bonds. The third-order valence-electron chi connectivity index (χ3n) is 12.7. The maximum absolute atomic E-state index is 14.3. The SMILES string of the molecule is C=CC(=O)N1CCCN(C(=O)c2cc(Sc3sc(NC(=O)C4CC4)nc3/C=C/C(=O)N3CCCN(C(=O)c4cc(Sc5cnc(NC(=O)C6CC6)s5)c(C)cc4OC)C[C@@H]3C)c(C)cc2OC)[C@@H](C)C1. The first-order valence-corrected chi connectivity index (χ1v) is 26.7. The first kappa shape index (κ1) is 50.7. The lowest BCUT2D eigenvalue weighted by atomic mass is 10.1. The molecular weight excluding hydrogens is 969 g/mol. The van der Waals surface area contributed by atoms with Gasteiger partial charge in [0.15, 0.2) is 10.3 Å². The second kappa shape index (κ2) is 22.2. The van der Waals surface area contributed by atoms with E-state index in [4.69, 9.17) is 14.5 Å². The molecule has 8 rings (SSSR count). The van der Waals surface area contributed by atoms with E-state index < -0.39 is 0 Å². The molecule has 4 fully saturated rings. The van der Waals surface area contributed by atoms with E-state index in [9.17, 15) is 28.8 Å². The normalized spacial score (nSPS) is 18.5. The van der Waals surface area contributed by atoms with Gasteiger partial charge in [0.2, 0.25) is 23.6 Å². The molecule has 370 valence electrons. The number of methoxy groups -OCH3 is 2. The van der Waals surface area contributed by atoms with Crippen molar-refractivity contribution in [3.63, 3.8) is 0 Å². The van der Waals surface area contributed by atoms with Crippen LogP contribution in [0, 0.1) is 25.7 Å². The maximum Gasteiger partial charge on any atom is 0.257 e. The van der Waals surface area contributed by atoms with Crippen molar-refractivity contribution in [1.29, 1.82) is 0 Å². The van der Waals surface area contributed by atoms with Crippen LogP contribution in [0.2, 0.25) is 0 Å². The molecule has 2 saturated carbocycles. The second-order valence-electron chi connectivity index (χ2n) is 18.1. The number of ether oxygens (including phenoxy) is 2. The Morgan fingerprint density at radius 3 is 1.89 bits per heavy atom. The first-order chi connectivity index (χ1) is 33.6. The van der Waals surface area contributed by atoms with E-state index in [1.54, 1.807) is 39.0 Å². The van der Waals surface area contributed by atoms with Crippen LogP contribution >= 0.6 is 46.2 Å². The summed E-state index contributed by atoms with van der Waals surface area (Å²) in [5.74, 6) is 0.00149. The Hall–Kier alpha value is -5.70. The van der Waals surface area contributed by atoms with Gasteiger partial charge in [-0.1, -0.05) is 52.8 Å². The first-order valence-electron chi connectivity index (χ1n) is 23.5. The molecule has 2 aliphatic heterocycles. The van der Waals surface area contributed by atoms with Crippen LogP contribution < -0.4 is 20.1 Å².